The molecule has 0 saturated heterocycles. The van der Waals surface area contributed by atoms with Gasteiger partial charge < -0.3 is 0 Å². The first-order valence-electron chi connectivity index (χ1n) is 5.24. The third-order valence-electron chi connectivity index (χ3n) is 2.35. The van der Waals surface area contributed by atoms with Crippen LogP contribution in [-0.2, 0) is 5.75 Å². The van der Waals surface area contributed by atoms with Crippen LogP contribution in [0.1, 0.15) is 5.56 Å². The Morgan fingerprint density at radius 2 is 1.94 bits per heavy atom. The zero-order valence-corrected chi connectivity index (χ0v) is 10.8. The van der Waals surface area contributed by atoms with Crippen molar-refractivity contribution in [1.29, 1.82) is 0 Å². The second kappa shape index (κ2) is 4.91. The molecule has 3 rings (SSSR count). The van der Waals surface area contributed by atoms with Gasteiger partial charge in [0.1, 0.15) is 5.03 Å². The molecule has 2 heterocycles. The first-order chi connectivity index (χ1) is 8.81. The Balaban J connectivity index is 1.74. The Morgan fingerprint density at radius 1 is 1.11 bits per heavy atom. The van der Waals surface area contributed by atoms with Crippen molar-refractivity contribution in [2.75, 3.05) is 0 Å². The van der Waals surface area contributed by atoms with Gasteiger partial charge >= 0.3 is 0 Å². The molecule has 0 N–H and O–H groups in total. The van der Waals surface area contributed by atoms with E-state index in [1.54, 1.807) is 11.8 Å². The van der Waals surface area contributed by atoms with Crippen LogP contribution in [0.5, 0.6) is 0 Å². The van der Waals surface area contributed by atoms with Crippen LogP contribution in [0.15, 0.2) is 41.4 Å². The lowest BCUT2D eigenvalue weighted by atomic mass is 10.2. The molecule has 7 heteroatoms. The molecule has 0 fully saturated rings. The molecule has 0 saturated carbocycles. The summed E-state index contributed by atoms with van der Waals surface area (Å²) < 4.78 is 1.42. The molecule has 0 radical (unpaired) electrons. The van der Waals surface area contributed by atoms with Crippen molar-refractivity contribution in [3.05, 3.63) is 47.0 Å². The Labute approximate surface area is 112 Å². The summed E-state index contributed by atoms with van der Waals surface area (Å²) in [6.45, 7) is 0. The Kier molecular flexibility index (Phi) is 3.12. The summed E-state index contributed by atoms with van der Waals surface area (Å²) in [5.41, 5.74) is 1.84. The quantitative estimate of drug-likeness (QED) is 0.689. The predicted octanol–water partition coefficient (Wildman–Crippen LogP) is 2.46. The van der Waals surface area contributed by atoms with E-state index in [0.29, 0.717) is 5.65 Å². The Hall–Kier alpha value is -1.66. The highest BCUT2D eigenvalue weighted by Gasteiger charge is 2.02. The van der Waals surface area contributed by atoms with Gasteiger partial charge in [0.2, 0.25) is 0 Å². The van der Waals surface area contributed by atoms with Crippen molar-refractivity contribution in [3.8, 4) is 0 Å². The summed E-state index contributed by atoms with van der Waals surface area (Å²) in [5, 5.41) is 17.0. The zero-order valence-electron chi connectivity index (χ0n) is 9.19. The molecule has 0 aliphatic carbocycles. The monoisotopic (exact) mass is 277 g/mol. The number of hydrogen-bond donors (Lipinski definition) is 0. The minimum Gasteiger partial charge on any atom is -0.140 e. The average molecular weight is 278 g/mol. The normalized spacial score (nSPS) is 10.9. The lowest BCUT2D eigenvalue weighted by Crippen LogP contribution is -1.95. The van der Waals surface area contributed by atoms with Gasteiger partial charge in [0.15, 0.2) is 5.65 Å². The van der Waals surface area contributed by atoms with Crippen LogP contribution in [0.25, 0.3) is 5.65 Å². The molecule has 2 aromatic heterocycles. The third-order valence-corrected chi connectivity index (χ3v) is 3.59. The highest BCUT2D eigenvalue weighted by Crippen LogP contribution is 2.21. The standard InChI is InChI=1S/C11H8ClN5S/c12-9-3-1-8(2-4-9)7-18-11-6-5-10-13-15-16-17(10)14-11/h1-6H,7H2. The van der Waals surface area contributed by atoms with Gasteiger partial charge in [-0.1, -0.05) is 35.5 Å². The highest BCUT2D eigenvalue weighted by molar-refractivity contribution is 7.98. The van der Waals surface area contributed by atoms with Crippen molar-refractivity contribution in [2.24, 2.45) is 0 Å². The maximum absolute atomic E-state index is 5.84. The Bertz CT molecular complexity index is 667. The zero-order chi connectivity index (χ0) is 12.4. The van der Waals surface area contributed by atoms with Crippen LogP contribution in [0, 0.1) is 0 Å². The highest BCUT2D eigenvalue weighted by atomic mass is 35.5. The molecule has 90 valence electrons. The van der Waals surface area contributed by atoms with Crippen molar-refractivity contribution in [2.45, 2.75) is 10.8 Å². The van der Waals surface area contributed by atoms with Gasteiger partial charge in [-0.15, -0.1) is 14.8 Å². The fourth-order valence-corrected chi connectivity index (χ4v) is 2.38. The number of hydrogen-bond acceptors (Lipinski definition) is 5. The van der Waals surface area contributed by atoms with Gasteiger partial charge in [0, 0.05) is 10.8 Å². The number of aromatic nitrogens is 5. The van der Waals surface area contributed by atoms with E-state index in [0.717, 1.165) is 15.8 Å². The molecule has 0 aliphatic heterocycles. The topological polar surface area (TPSA) is 56.0 Å². The van der Waals surface area contributed by atoms with E-state index >= 15 is 0 Å². The molecule has 0 bridgehead atoms. The largest absolute Gasteiger partial charge is 0.200 e. The second-order valence-corrected chi connectivity index (χ2v) is 5.05. The van der Waals surface area contributed by atoms with Crippen LogP contribution in [0.3, 0.4) is 0 Å². The van der Waals surface area contributed by atoms with Gasteiger partial charge in [0.05, 0.1) is 0 Å². The maximum atomic E-state index is 5.84. The van der Waals surface area contributed by atoms with Gasteiger partial charge in [-0.25, -0.2) is 0 Å². The van der Waals surface area contributed by atoms with E-state index in [1.807, 2.05) is 36.4 Å². The first kappa shape index (κ1) is 11.4. The fourth-order valence-electron chi connectivity index (χ4n) is 1.45. The van der Waals surface area contributed by atoms with Gasteiger partial charge in [0.25, 0.3) is 0 Å². The first-order valence-corrected chi connectivity index (χ1v) is 6.60. The van der Waals surface area contributed by atoms with Crippen molar-refractivity contribution in [3.63, 3.8) is 0 Å². The molecule has 0 amide bonds. The molecule has 18 heavy (non-hydrogen) atoms. The minimum absolute atomic E-state index is 0.644. The number of rotatable bonds is 3. The smallest absolute Gasteiger partial charge is 0.140 e. The number of thioether (sulfide) groups is 1. The van der Waals surface area contributed by atoms with Crippen LogP contribution in [0.4, 0.5) is 0 Å². The summed E-state index contributed by atoms with van der Waals surface area (Å²) in [7, 11) is 0. The van der Waals surface area contributed by atoms with Gasteiger partial charge in [-0.05, 0) is 40.3 Å². The molecule has 0 unspecified atom stereocenters. The summed E-state index contributed by atoms with van der Waals surface area (Å²) >= 11 is 7.46. The van der Waals surface area contributed by atoms with E-state index in [2.05, 4.69) is 20.6 Å². The summed E-state index contributed by atoms with van der Waals surface area (Å²) in [4.78, 5) is 0. The Morgan fingerprint density at radius 3 is 2.78 bits per heavy atom. The maximum Gasteiger partial charge on any atom is 0.200 e. The molecular formula is C11H8ClN5S. The number of fused-ring (bicyclic) bond motifs is 1. The molecule has 1 aromatic carbocycles. The molecule has 0 atom stereocenters. The molecule has 5 nitrogen and oxygen atoms in total. The minimum atomic E-state index is 0.644. The summed E-state index contributed by atoms with van der Waals surface area (Å²) in [6.07, 6.45) is 0. The molecule has 0 spiro atoms. The van der Waals surface area contributed by atoms with E-state index in [9.17, 15) is 0 Å². The number of nitrogens with zero attached hydrogens (tertiary/aromatic N) is 5. The van der Waals surface area contributed by atoms with E-state index in [1.165, 1.54) is 10.2 Å². The van der Waals surface area contributed by atoms with E-state index < -0.39 is 0 Å². The van der Waals surface area contributed by atoms with Gasteiger partial charge in [-0.2, -0.15) is 0 Å². The lowest BCUT2D eigenvalue weighted by molar-refractivity contribution is 0.702. The third kappa shape index (κ3) is 2.44. The second-order valence-electron chi connectivity index (χ2n) is 3.61. The predicted molar refractivity (Wildman–Crippen MR) is 69.6 cm³/mol. The van der Waals surface area contributed by atoms with Crippen LogP contribution >= 0.6 is 23.4 Å². The molecular weight excluding hydrogens is 270 g/mol. The fraction of sp³-hybridized carbons (Fsp3) is 0.0909. The van der Waals surface area contributed by atoms with Gasteiger partial charge in [-0.3, -0.25) is 0 Å². The van der Waals surface area contributed by atoms with E-state index in [4.69, 9.17) is 11.6 Å². The number of tetrazole rings is 1. The molecule has 3 aromatic rings. The average Bonchev–Trinajstić information content (AvgIpc) is 2.85. The van der Waals surface area contributed by atoms with Crippen LogP contribution in [0.2, 0.25) is 5.02 Å². The SMILES string of the molecule is Clc1ccc(CSc2ccc3nnnn3n2)cc1. The van der Waals surface area contributed by atoms with Crippen molar-refractivity contribution < 1.29 is 0 Å². The van der Waals surface area contributed by atoms with Crippen LogP contribution in [-0.4, -0.2) is 25.3 Å². The van der Waals surface area contributed by atoms with Crippen molar-refractivity contribution in [1.82, 2.24) is 25.3 Å². The van der Waals surface area contributed by atoms with Crippen molar-refractivity contribution >= 4 is 29.0 Å². The number of halogens is 1. The van der Waals surface area contributed by atoms with Crippen LogP contribution < -0.4 is 0 Å². The van der Waals surface area contributed by atoms with E-state index in [-0.39, 0.29) is 0 Å². The lowest BCUT2D eigenvalue weighted by Gasteiger charge is -2.01. The summed E-state index contributed by atoms with van der Waals surface area (Å²) in [5.74, 6) is 0.831. The number of benzene rings is 1. The molecule has 0 aliphatic rings. The summed E-state index contributed by atoms with van der Waals surface area (Å²) in [6, 6.07) is 11.5.